The Morgan fingerprint density at radius 1 is 1.25 bits per heavy atom. The lowest BCUT2D eigenvalue weighted by atomic mass is 10.2. The van der Waals surface area contributed by atoms with Crippen LogP contribution in [0.15, 0.2) is 0 Å². The summed E-state index contributed by atoms with van der Waals surface area (Å²) in [6, 6.07) is 0. The van der Waals surface area contributed by atoms with Crippen LogP contribution in [0.5, 0.6) is 0 Å². The van der Waals surface area contributed by atoms with E-state index in [1.54, 1.807) is 20.8 Å². The van der Waals surface area contributed by atoms with Crippen molar-refractivity contribution in [2.24, 2.45) is 0 Å². The summed E-state index contributed by atoms with van der Waals surface area (Å²) >= 11 is 0. The minimum Gasteiger partial charge on any atom is -0.444 e. The number of alkyl carbamates (subject to hydrolysis) is 1. The molecule has 0 aromatic carbocycles. The van der Waals surface area contributed by atoms with Crippen LogP contribution in [-0.4, -0.2) is 30.7 Å². The Bertz CT molecular complexity index is 287. The van der Waals surface area contributed by atoms with E-state index in [1.165, 1.54) is 0 Å². The number of nitrogens with one attached hydrogen (secondary N) is 2. The Hall–Kier alpha value is -1.70. The van der Waals surface area contributed by atoms with Crippen LogP contribution in [-0.2, 0) is 9.53 Å². The number of amides is 2. The molecule has 5 nitrogen and oxygen atoms in total. The maximum absolute atomic E-state index is 11.2. The first-order valence-corrected chi connectivity index (χ1v) is 5.06. The summed E-state index contributed by atoms with van der Waals surface area (Å²) in [5, 5.41) is 5.05. The fourth-order valence-corrected chi connectivity index (χ4v) is 0.846. The van der Waals surface area contributed by atoms with Gasteiger partial charge >= 0.3 is 6.09 Å². The molecule has 0 heterocycles. The fourth-order valence-electron chi connectivity index (χ4n) is 0.846. The first-order chi connectivity index (χ1) is 7.35. The molecule has 90 valence electrons. The lowest BCUT2D eigenvalue weighted by Crippen LogP contribution is -2.34. The SMILES string of the molecule is C#CC(=O)NCCCNC(=O)OC(C)(C)C. The van der Waals surface area contributed by atoms with Gasteiger partial charge in [-0.05, 0) is 33.1 Å². The third-order valence-electron chi connectivity index (χ3n) is 1.44. The highest BCUT2D eigenvalue weighted by molar-refractivity contribution is 5.92. The van der Waals surface area contributed by atoms with E-state index >= 15 is 0 Å². The highest BCUT2D eigenvalue weighted by Gasteiger charge is 2.15. The van der Waals surface area contributed by atoms with Crippen LogP contribution in [0.2, 0.25) is 0 Å². The van der Waals surface area contributed by atoms with Crippen LogP contribution in [0.25, 0.3) is 0 Å². The molecule has 0 unspecified atom stereocenters. The molecule has 0 rings (SSSR count). The van der Waals surface area contributed by atoms with Gasteiger partial charge in [-0.1, -0.05) is 0 Å². The predicted octanol–water partition coefficient (Wildman–Crippen LogP) is 0.651. The van der Waals surface area contributed by atoms with Gasteiger partial charge in [0.05, 0.1) is 0 Å². The first-order valence-electron chi connectivity index (χ1n) is 5.06. The van der Waals surface area contributed by atoms with Crippen molar-refractivity contribution in [3.05, 3.63) is 0 Å². The van der Waals surface area contributed by atoms with Crippen molar-refractivity contribution in [2.75, 3.05) is 13.1 Å². The van der Waals surface area contributed by atoms with E-state index < -0.39 is 17.6 Å². The highest BCUT2D eigenvalue weighted by atomic mass is 16.6. The van der Waals surface area contributed by atoms with Gasteiger partial charge in [-0.3, -0.25) is 4.79 Å². The summed E-state index contributed by atoms with van der Waals surface area (Å²) < 4.78 is 5.02. The minimum absolute atomic E-state index is 0.429. The molecule has 0 aromatic heterocycles. The zero-order chi connectivity index (χ0) is 12.6. The normalized spacial score (nSPS) is 10.1. The zero-order valence-corrected chi connectivity index (χ0v) is 9.92. The minimum atomic E-state index is -0.498. The molecule has 0 bridgehead atoms. The Morgan fingerprint density at radius 3 is 2.31 bits per heavy atom. The number of carbonyl (C=O) groups excluding carboxylic acids is 2. The molecule has 0 saturated heterocycles. The number of carbonyl (C=O) groups is 2. The Balaban J connectivity index is 3.50. The molecular formula is C11H18N2O3. The van der Waals surface area contributed by atoms with E-state index in [0.29, 0.717) is 19.5 Å². The van der Waals surface area contributed by atoms with Crippen molar-refractivity contribution in [3.63, 3.8) is 0 Å². The third-order valence-corrected chi connectivity index (χ3v) is 1.44. The van der Waals surface area contributed by atoms with Crippen molar-refractivity contribution >= 4 is 12.0 Å². The second-order valence-corrected chi connectivity index (χ2v) is 4.18. The Morgan fingerprint density at radius 2 is 1.81 bits per heavy atom. The number of terminal acetylenes is 1. The van der Waals surface area contributed by atoms with Gasteiger partial charge in [0.15, 0.2) is 0 Å². The summed E-state index contributed by atoms with van der Waals surface area (Å²) in [6.07, 6.45) is 4.99. The number of rotatable bonds is 4. The van der Waals surface area contributed by atoms with Crippen LogP contribution in [0.4, 0.5) is 4.79 Å². The van der Waals surface area contributed by atoms with Crippen molar-refractivity contribution in [3.8, 4) is 12.3 Å². The summed E-state index contributed by atoms with van der Waals surface area (Å²) in [4.78, 5) is 21.8. The van der Waals surface area contributed by atoms with Gasteiger partial charge in [0, 0.05) is 13.1 Å². The first kappa shape index (κ1) is 14.3. The van der Waals surface area contributed by atoms with Crippen LogP contribution >= 0.6 is 0 Å². The molecule has 0 aromatic rings. The molecular weight excluding hydrogens is 208 g/mol. The van der Waals surface area contributed by atoms with Crippen molar-refractivity contribution in [1.29, 1.82) is 0 Å². The van der Waals surface area contributed by atoms with Gasteiger partial charge in [-0.2, -0.15) is 0 Å². The van der Waals surface area contributed by atoms with Crippen molar-refractivity contribution in [2.45, 2.75) is 32.8 Å². The second kappa shape index (κ2) is 6.72. The van der Waals surface area contributed by atoms with E-state index in [1.807, 2.05) is 5.92 Å². The average Bonchev–Trinajstić information content (AvgIpc) is 2.14. The molecule has 0 spiro atoms. The quantitative estimate of drug-likeness (QED) is 0.546. The van der Waals surface area contributed by atoms with Gasteiger partial charge in [-0.25, -0.2) is 4.79 Å². The Kier molecular flexibility index (Phi) is 6.01. The molecule has 0 aliphatic carbocycles. The number of hydrogen-bond acceptors (Lipinski definition) is 3. The molecule has 0 radical (unpaired) electrons. The number of ether oxygens (including phenoxy) is 1. The van der Waals surface area contributed by atoms with Gasteiger partial charge in [0.1, 0.15) is 5.60 Å². The summed E-state index contributed by atoms with van der Waals surface area (Å²) in [7, 11) is 0. The molecule has 0 aliphatic heterocycles. The molecule has 0 fully saturated rings. The van der Waals surface area contributed by atoms with E-state index in [9.17, 15) is 9.59 Å². The van der Waals surface area contributed by atoms with Crippen molar-refractivity contribution in [1.82, 2.24) is 10.6 Å². The van der Waals surface area contributed by atoms with Crippen molar-refractivity contribution < 1.29 is 14.3 Å². The van der Waals surface area contributed by atoms with E-state index in [4.69, 9.17) is 11.2 Å². The van der Waals surface area contributed by atoms with Crippen LogP contribution < -0.4 is 10.6 Å². The van der Waals surface area contributed by atoms with E-state index in [-0.39, 0.29) is 0 Å². The largest absolute Gasteiger partial charge is 0.444 e. The van der Waals surface area contributed by atoms with Crippen LogP contribution in [0.1, 0.15) is 27.2 Å². The molecule has 0 aliphatic rings. The van der Waals surface area contributed by atoms with Crippen LogP contribution in [0.3, 0.4) is 0 Å². The summed E-state index contributed by atoms with van der Waals surface area (Å²) in [5.41, 5.74) is -0.498. The smallest absolute Gasteiger partial charge is 0.407 e. The molecule has 5 heteroatoms. The van der Waals surface area contributed by atoms with Gasteiger partial charge in [0.2, 0.25) is 0 Å². The lowest BCUT2D eigenvalue weighted by Gasteiger charge is -2.19. The van der Waals surface area contributed by atoms with Gasteiger partial charge < -0.3 is 15.4 Å². The van der Waals surface area contributed by atoms with E-state index in [0.717, 1.165) is 0 Å². The van der Waals surface area contributed by atoms with E-state index in [2.05, 4.69) is 10.6 Å². The second-order valence-electron chi connectivity index (χ2n) is 4.18. The maximum Gasteiger partial charge on any atom is 0.407 e. The monoisotopic (exact) mass is 226 g/mol. The molecule has 2 amide bonds. The topological polar surface area (TPSA) is 67.4 Å². The molecule has 0 atom stereocenters. The standard InChI is InChI=1S/C11H18N2O3/c1-5-9(14)12-7-6-8-13-10(15)16-11(2,3)4/h1H,6-8H2,2-4H3,(H,12,14)(H,13,15). The molecule has 2 N–H and O–H groups in total. The zero-order valence-electron chi connectivity index (χ0n) is 9.92. The van der Waals surface area contributed by atoms with Gasteiger partial charge in [0.25, 0.3) is 5.91 Å². The van der Waals surface area contributed by atoms with Crippen LogP contribution in [0, 0.1) is 12.3 Å². The molecule has 16 heavy (non-hydrogen) atoms. The summed E-state index contributed by atoms with van der Waals surface area (Å²) in [6.45, 7) is 6.23. The highest BCUT2D eigenvalue weighted by Crippen LogP contribution is 2.06. The number of hydrogen-bond donors (Lipinski definition) is 2. The Labute approximate surface area is 95.9 Å². The third kappa shape index (κ3) is 8.88. The van der Waals surface area contributed by atoms with Gasteiger partial charge in [-0.15, -0.1) is 6.42 Å². The fraction of sp³-hybridized carbons (Fsp3) is 0.636. The maximum atomic E-state index is 11.2. The predicted molar refractivity (Wildman–Crippen MR) is 60.7 cm³/mol. The lowest BCUT2D eigenvalue weighted by molar-refractivity contribution is -0.115. The summed E-state index contributed by atoms with van der Waals surface area (Å²) in [5.74, 6) is 1.49. The average molecular weight is 226 g/mol. The molecule has 0 saturated carbocycles.